The van der Waals surface area contributed by atoms with Gasteiger partial charge in [0.2, 0.25) is 0 Å². The van der Waals surface area contributed by atoms with Crippen LogP contribution in [-0.4, -0.2) is 33.3 Å². The van der Waals surface area contributed by atoms with Crippen molar-refractivity contribution >= 4 is 22.6 Å². The molecule has 2 N–H and O–H groups in total. The highest BCUT2D eigenvalue weighted by molar-refractivity contribution is 6.04. The summed E-state index contributed by atoms with van der Waals surface area (Å²) in [6.45, 7) is 4.77. The zero-order chi connectivity index (χ0) is 21.0. The van der Waals surface area contributed by atoms with Crippen molar-refractivity contribution in [3.05, 3.63) is 75.7 Å². The van der Waals surface area contributed by atoms with Gasteiger partial charge < -0.3 is 10.4 Å². The fourth-order valence-corrected chi connectivity index (χ4v) is 3.09. The minimum atomic E-state index is -0.973. The van der Waals surface area contributed by atoms with Gasteiger partial charge >= 0.3 is 5.97 Å². The Balaban J connectivity index is 1.78. The second-order valence-electron chi connectivity index (χ2n) is 7.28. The molecule has 0 saturated heterocycles. The first-order valence-electron chi connectivity index (χ1n) is 9.47. The van der Waals surface area contributed by atoms with Crippen LogP contribution in [0.15, 0.2) is 53.3 Å². The summed E-state index contributed by atoms with van der Waals surface area (Å²) in [5.41, 5.74) is 1.16. The van der Waals surface area contributed by atoms with Crippen molar-refractivity contribution in [3.8, 4) is 0 Å². The van der Waals surface area contributed by atoms with Crippen molar-refractivity contribution in [1.29, 1.82) is 0 Å². The maximum atomic E-state index is 12.8. The Morgan fingerprint density at radius 3 is 2.34 bits per heavy atom. The molecule has 0 fully saturated rings. The van der Waals surface area contributed by atoms with E-state index >= 15 is 0 Å². The van der Waals surface area contributed by atoms with Crippen LogP contribution in [0.25, 0.3) is 10.8 Å². The minimum absolute atomic E-state index is 0.204. The number of aromatic nitrogens is 2. The summed E-state index contributed by atoms with van der Waals surface area (Å²) in [4.78, 5) is 36.3. The molecular weight excluding hydrogens is 370 g/mol. The number of hydrogen-bond acceptors (Lipinski definition) is 4. The Morgan fingerprint density at radius 1 is 1.07 bits per heavy atom. The van der Waals surface area contributed by atoms with Crippen molar-refractivity contribution in [2.45, 2.75) is 26.8 Å². The van der Waals surface area contributed by atoms with Crippen LogP contribution in [0.2, 0.25) is 0 Å². The topological polar surface area (TPSA) is 101 Å². The number of benzene rings is 2. The molecule has 1 aromatic heterocycles. The molecule has 0 bridgehead atoms. The van der Waals surface area contributed by atoms with Crippen LogP contribution in [0.3, 0.4) is 0 Å². The Morgan fingerprint density at radius 2 is 1.72 bits per heavy atom. The molecule has 0 unspecified atom stereocenters. The van der Waals surface area contributed by atoms with E-state index in [1.54, 1.807) is 36.4 Å². The van der Waals surface area contributed by atoms with Crippen LogP contribution in [0, 0.1) is 5.92 Å². The van der Waals surface area contributed by atoms with Gasteiger partial charge in [-0.1, -0.05) is 44.2 Å². The van der Waals surface area contributed by atoms with Crippen LogP contribution < -0.4 is 10.9 Å². The summed E-state index contributed by atoms with van der Waals surface area (Å²) >= 11 is 0. The lowest BCUT2D eigenvalue weighted by atomic mass is 10.1. The molecule has 0 radical (unpaired) electrons. The Labute approximate surface area is 168 Å². The lowest BCUT2D eigenvalue weighted by Gasteiger charge is -2.12. The molecule has 7 heteroatoms. The molecule has 7 nitrogen and oxygen atoms in total. The van der Waals surface area contributed by atoms with Crippen molar-refractivity contribution in [2.24, 2.45) is 5.92 Å². The summed E-state index contributed by atoms with van der Waals surface area (Å²) in [7, 11) is 0. The molecule has 0 spiro atoms. The largest absolute Gasteiger partial charge is 0.478 e. The van der Waals surface area contributed by atoms with Crippen molar-refractivity contribution in [2.75, 3.05) is 6.54 Å². The maximum absolute atomic E-state index is 12.8. The average Bonchev–Trinajstić information content (AvgIpc) is 2.70. The summed E-state index contributed by atoms with van der Waals surface area (Å²) in [5, 5.41) is 17.1. The van der Waals surface area contributed by atoms with Crippen molar-refractivity contribution in [1.82, 2.24) is 15.1 Å². The third kappa shape index (κ3) is 4.68. The second kappa shape index (κ2) is 8.68. The number of rotatable bonds is 7. The Kier molecular flexibility index (Phi) is 6.07. The first kappa shape index (κ1) is 20.3. The van der Waals surface area contributed by atoms with Gasteiger partial charge in [0, 0.05) is 18.5 Å². The lowest BCUT2D eigenvalue weighted by molar-refractivity contribution is 0.0696. The zero-order valence-corrected chi connectivity index (χ0v) is 16.4. The van der Waals surface area contributed by atoms with Gasteiger partial charge in [0.15, 0.2) is 5.69 Å². The van der Waals surface area contributed by atoms with Crippen LogP contribution in [0.4, 0.5) is 0 Å². The first-order valence-corrected chi connectivity index (χ1v) is 9.47. The highest BCUT2D eigenvalue weighted by Gasteiger charge is 2.16. The number of nitrogens with zero attached hydrogens (tertiary/aromatic N) is 2. The summed E-state index contributed by atoms with van der Waals surface area (Å²) in [6, 6.07) is 13.5. The zero-order valence-electron chi connectivity index (χ0n) is 16.4. The van der Waals surface area contributed by atoms with E-state index in [9.17, 15) is 14.4 Å². The van der Waals surface area contributed by atoms with Gasteiger partial charge in [-0.2, -0.15) is 5.10 Å². The number of carboxylic acids is 1. The van der Waals surface area contributed by atoms with E-state index in [0.717, 1.165) is 5.56 Å². The first-order chi connectivity index (χ1) is 13.9. The number of nitrogens with one attached hydrogen (secondary N) is 1. The van der Waals surface area contributed by atoms with Gasteiger partial charge in [-0.05, 0) is 36.1 Å². The van der Waals surface area contributed by atoms with E-state index in [1.165, 1.54) is 16.8 Å². The van der Waals surface area contributed by atoms with Crippen molar-refractivity contribution in [3.63, 3.8) is 0 Å². The van der Waals surface area contributed by atoms with Crippen LogP contribution in [-0.2, 0) is 13.0 Å². The molecule has 150 valence electrons. The number of carboxylic acid groups (broad SMARTS) is 1. The predicted octanol–water partition coefficient (Wildman–Crippen LogP) is 2.72. The molecule has 0 aliphatic rings. The van der Waals surface area contributed by atoms with E-state index in [0.29, 0.717) is 30.3 Å². The van der Waals surface area contributed by atoms with Gasteiger partial charge in [-0.15, -0.1) is 0 Å². The van der Waals surface area contributed by atoms with Gasteiger partial charge in [0.05, 0.1) is 10.9 Å². The molecule has 1 amide bonds. The third-order valence-electron chi connectivity index (χ3n) is 4.52. The van der Waals surface area contributed by atoms with E-state index in [-0.39, 0.29) is 28.6 Å². The van der Waals surface area contributed by atoms with Gasteiger partial charge in [-0.3, -0.25) is 9.59 Å². The van der Waals surface area contributed by atoms with E-state index in [4.69, 9.17) is 5.11 Å². The van der Waals surface area contributed by atoms with Crippen LogP contribution in [0.5, 0.6) is 0 Å². The molecule has 2 aromatic carbocycles. The van der Waals surface area contributed by atoms with E-state index in [2.05, 4.69) is 10.4 Å². The molecule has 1 heterocycles. The quantitative estimate of drug-likeness (QED) is 0.643. The highest BCUT2D eigenvalue weighted by Crippen LogP contribution is 2.14. The molecule has 3 rings (SSSR count). The third-order valence-corrected chi connectivity index (χ3v) is 4.52. The lowest BCUT2D eigenvalue weighted by Crippen LogP contribution is -2.32. The smallest absolute Gasteiger partial charge is 0.335 e. The Bertz CT molecular complexity index is 1100. The number of hydrogen-bond donors (Lipinski definition) is 2. The fourth-order valence-electron chi connectivity index (χ4n) is 3.09. The molecule has 0 aliphatic carbocycles. The summed E-state index contributed by atoms with van der Waals surface area (Å²) in [6.07, 6.45) is 0.551. The molecule has 0 saturated carbocycles. The van der Waals surface area contributed by atoms with Gasteiger partial charge in [0.1, 0.15) is 0 Å². The predicted molar refractivity (Wildman–Crippen MR) is 110 cm³/mol. The van der Waals surface area contributed by atoms with E-state index < -0.39 is 5.97 Å². The molecule has 29 heavy (non-hydrogen) atoms. The molecule has 3 aromatic rings. The number of amides is 1. The van der Waals surface area contributed by atoms with Gasteiger partial charge in [0.25, 0.3) is 11.5 Å². The van der Waals surface area contributed by atoms with Crippen LogP contribution in [0.1, 0.15) is 40.3 Å². The Hall–Kier alpha value is -3.48. The summed E-state index contributed by atoms with van der Waals surface area (Å²) in [5.74, 6) is -1.11. The fraction of sp³-hybridized carbons (Fsp3) is 0.273. The number of aromatic carboxylic acids is 1. The molecule has 0 atom stereocenters. The molecular formula is C22H23N3O4. The highest BCUT2D eigenvalue weighted by atomic mass is 16.4. The number of carbonyl (C=O) groups excluding carboxylic acids is 1. The monoisotopic (exact) mass is 393 g/mol. The van der Waals surface area contributed by atoms with Crippen LogP contribution >= 0.6 is 0 Å². The standard InChI is InChI=1S/C22H23N3O4/c1-14(2)13-25-21(27)18-6-4-3-5-17(18)19(24-25)20(26)23-12-11-15-7-9-16(10-8-15)22(28)29/h3-10,14H,11-13H2,1-2H3,(H,23,26)(H,28,29). The van der Waals surface area contributed by atoms with E-state index in [1.807, 2.05) is 13.8 Å². The summed E-state index contributed by atoms with van der Waals surface area (Å²) < 4.78 is 1.35. The SMILES string of the molecule is CC(C)Cn1nc(C(=O)NCCc2ccc(C(=O)O)cc2)c2ccccc2c1=O. The van der Waals surface area contributed by atoms with Crippen molar-refractivity contribution < 1.29 is 14.7 Å². The minimum Gasteiger partial charge on any atom is -0.478 e. The second-order valence-corrected chi connectivity index (χ2v) is 7.28. The number of carbonyl (C=O) groups is 2. The molecule has 0 aliphatic heterocycles. The van der Waals surface area contributed by atoms with Gasteiger partial charge in [-0.25, -0.2) is 9.48 Å². The number of fused-ring (bicyclic) bond motifs is 1. The normalized spacial score (nSPS) is 11.0. The average molecular weight is 393 g/mol. The maximum Gasteiger partial charge on any atom is 0.335 e.